The summed E-state index contributed by atoms with van der Waals surface area (Å²) in [5.41, 5.74) is 1.38. The predicted molar refractivity (Wildman–Crippen MR) is 134 cm³/mol. The van der Waals surface area contributed by atoms with Crippen molar-refractivity contribution in [3.8, 4) is 0 Å². The molecule has 1 atom stereocenters. The third-order valence-corrected chi connectivity index (χ3v) is 6.66. The van der Waals surface area contributed by atoms with E-state index < -0.39 is 12.0 Å². The number of nitrogens with one attached hydrogen (secondary N) is 1. The second-order valence-corrected chi connectivity index (χ2v) is 9.17. The first-order valence-electron chi connectivity index (χ1n) is 11.7. The Morgan fingerprint density at radius 2 is 1.86 bits per heavy atom. The van der Waals surface area contributed by atoms with E-state index in [0.717, 1.165) is 0 Å². The van der Waals surface area contributed by atoms with Crippen LogP contribution in [-0.4, -0.2) is 67.2 Å². The first-order chi connectivity index (χ1) is 16.8. The summed E-state index contributed by atoms with van der Waals surface area (Å²) in [6.45, 7) is 9.61. The molecule has 0 aliphatic carbocycles. The number of urea groups is 1. The number of carbonyl (C=O) groups is 3. The fourth-order valence-electron chi connectivity index (χ4n) is 4.41. The number of likely N-dealkylation sites (tertiary alicyclic amines) is 1. The standard InChI is InChI=1S/C25H31Cl2N3O5/c1-4-11-30-20(15-29-12-9-16(10-13-29)23(31)34-5-2)21(24(32)35-6-3)22(28-25(30)33)18-8-7-17(26)14-19(18)27/h4,7-8,14,16,22H,1,5-6,9-13,15H2,2-3H3,(H,28,33)/t22-/m0/s1. The molecular weight excluding hydrogens is 493 g/mol. The van der Waals surface area contributed by atoms with Gasteiger partial charge in [-0.15, -0.1) is 6.58 Å². The van der Waals surface area contributed by atoms with Crippen molar-refractivity contribution in [2.75, 3.05) is 39.4 Å². The van der Waals surface area contributed by atoms with Gasteiger partial charge in [-0.1, -0.05) is 35.3 Å². The van der Waals surface area contributed by atoms with Crippen molar-refractivity contribution in [1.82, 2.24) is 15.1 Å². The molecule has 0 bridgehead atoms. The molecule has 0 radical (unpaired) electrons. The Morgan fingerprint density at radius 1 is 1.17 bits per heavy atom. The topological polar surface area (TPSA) is 88.2 Å². The summed E-state index contributed by atoms with van der Waals surface area (Å²) < 4.78 is 10.6. The van der Waals surface area contributed by atoms with Gasteiger partial charge in [0.2, 0.25) is 0 Å². The first-order valence-corrected chi connectivity index (χ1v) is 12.5. The minimum atomic E-state index is -0.806. The molecule has 2 heterocycles. The Hall–Kier alpha value is -2.55. The van der Waals surface area contributed by atoms with E-state index in [1.54, 1.807) is 38.1 Å². The van der Waals surface area contributed by atoms with E-state index in [4.69, 9.17) is 32.7 Å². The number of ether oxygens (including phenoxy) is 2. The predicted octanol–water partition coefficient (Wildman–Crippen LogP) is 4.34. The highest BCUT2D eigenvalue weighted by molar-refractivity contribution is 6.35. The maximum absolute atomic E-state index is 13.2. The molecule has 8 nitrogen and oxygen atoms in total. The van der Waals surface area contributed by atoms with Gasteiger partial charge in [0.05, 0.1) is 30.7 Å². The average molecular weight is 524 g/mol. The van der Waals surface area contributed by atoms with Gasteiger partial charge < -0.3 is 14.8 Å². The summed E-state index contributed by atoms with van der Waals surface area (Å²) in [5.74, 6) is -0.861. The molecule has 190 valence electrons. The molecule has 1 aromatic carbocycles. The first kappa shape index (κ1) is 27.0. The molecule has 3 rings (SSSR count). The Bertz CT molecular complexity index is 1000. The van der Waals surface area contributed by atoms with Gasteiger partial charge in [0.25, 0.3) is 0 Å². The zero-order valence-electron chi connectivity index (χ0n) is 20.0. The van der Waals surface area contributed by atoms with Gasteiger partial charge in [-0.05, 0) is 57.5 Å². The molecule has 0 spiro atoms. The van der Waals surface area contributed by atoms with Crippen molar-refractivity contribution in [2.45, 2.75) is 32.7 Å². The molecule has 2 amide bonds. The monoisotopic (exact) mass is 523 g/mol. The summed E-state index contributed by atoms with van der Waals surface area (Å²) >= 11 is 12.5. The normalized spacial score (nSPS) is 19.4. The van der Waals surface area contributed by atoms with Crippen molar-refractivity contribution in [2.24, 2.45) is 5.92 Å². The highest BCUT2D eigenvalue weighted by Gasteiger charge is 2.39. The van der Waals surface area contributed by atoms with Crippen LogP contribution >= 0.6 is 23.2 Å². The third kappa shape index (κ3) is 6.37. The van der Waals surface area contributed by atoms with Gasteiger partial charge in [0.1, 0.15) is 0 Å². The van der Waals surface area contributed by atoms with E-state index in [-0.39, 0.29) is 31.1 Å². The fourth-order valence-corrected chi connectivity index (χ4v) is 4.93. The number of hydrogen-bond acceptors (Lipinski definition) is 6. The fraction of sp³-hybridized carbons (Fsp3) is 0.480. The highest BCUT2D eigenvalue weighted by Crippen LogP contribution is 2.36. The number of carbonyl (C=O) groups excluding carboxylic acids is 3. The molecule has 0 unspecified atom stereocenters. The zero-order valence-corrected chi connectivity index (χ0v) is 21.5. The number of hydrogen-bond donors (Lipinski definition) is 1. The Morgan fingerprint density at radius 3 is 2.46 bits per heavy atom. The van der Waals surface area contributed by atoms with E-state index in [0.29, 0.717) is 66.0 Å². The summed E-state index contributed by atoms with van der Waals surface area (Å²) in [6.07, 6.45) is 2.88. The number of rotatable bonds is 9. The summed E-state index contributed by atoms with van der Waals surface area (Å²) in [5, 5.41) is 3.67. The lowest BCUT2D eigenvalue weighted by Crippen LogP contribution is -2.51. The molecule has 2 aliphatic heterocycles. The second-order valence-electron chi connectivity index (χ2n) is 8.33. The van der Waals surface area contributed by atoms with Crippen LogP contribution in [0.1, 0.15) is 38.3 Å². The van der Waals surface area contributed by atoms with Crippen LogP contribution in [0, 0.1) is 5.92 Å². The van der Waals surface area contributed by atoms with Gasteiger partial charge in [-0.3, -0.25) is 14.6 Å². The number of esters is 2. The van der Waals surface area contributed by atoms with Crippen LogP contribution in [0.25, 0.3) is 0 Å². The largest absolute Gasteiger partial charge is 0.466 e. The molecule has 0 saturated carbocycles. The Balaban J connectivity index is 1.99. The quantitative estimate of drug-likeness (QED) is 0.382. The zero-order chi connectivity index (χ0) is 25.5. The number of amides is 2. The van der Waals surface area contributed by atoms with Gasteiger partial charge in [-0.25, -0.2) is 9.59 Å². The maximum Gasteiger partial charge on any atom is 0.338 e. The molecule has 1 aromatic rings. The SMILES string of the molecule is C=CCN1C(=O)N[C@@H](c2ccc(Cl)cc2Cl)C(C(=O)OCC)=C1CN1CCC(C(=O)OCC)CC1. The molecule has 10 heteroatoms. The van der Waals surface area contributed by atoms with Gasteiger partial charge in [-0.2, -0.15) is 0 Å². The lowest BCUT2D eigenvalue weighted by molar-refractivity contribution is -0.149. The number of nitrogens with zero attached hydrogens (tertiary/aromatic N) is 2. The van der Waals surface area contributed by atoms with Crippen LogP contribution in [0.15, 0.2) is 42.1 Å². The van der Waals surface area contributed by atoms with E-state index in [1.807, 2.05) is 0 Å². The van der Waals surface area contributed by atoms with Gasteiger partial charge in [0.15, 0.2) is 0 Å². The van der Waals surface area contributed by atoms with Crippen LogP contribution in [0.3, 0.4) is 0 Å². The van der Waals surface area contributed by atoms with Crippen LogP contribution in [0.4, 0.5) is 4.79 Å². The number of halogens is 2. The number of piperidine rings is 1. The van der Waals surface area contributed by atoms with Crippen LogP contribution in [0.5, 0.6) is 0 Å². The summed E-state index contributed by atoms with van der Waals surface area (Å²) in [7, 11) is 0. The van der Waals surface area contributed by atoms with E-state index in [9.17, 15) is 14.4 Å². The van der Waals surface area contributed by atoms with Crippen LogP contribution < -0.4 is 5.32 Å². The van der Waals surface area contributed by atoms with E-state index >= 15 is 0 Å². The third-order valence-electron chi connectivity index (χ3n) is 6.10. The molecule has 1 N–H and O–H groups in total. The second kappa shape index (κ2) is 12.4. The Kier molecular flexibility index (Phi) is 9.60. The molecule has 1 saturated heterocycles. The van der Waals surface area contributed by atoms with Crippen LogP contribution in [0.2, 0.25) is 10.0 Å². The van der Waals surface area contributed by atoms with E-state index in [1.165, 1.54) is 4.90 Å². The summed E-state index contributed by atoms with van der Waals surface area (Å²) in [4.78, 5) is 42.2. The molecule has 35 heavy (non-hydrogen) atoms. The molecular formula is C25H31Cl2N3O5. The van der Waals surface area contributed by atoms with Gasteiger partial charge >= 0.3 is 18.0 Å². The van der Waals surface area contributed by atoms with Crippen molar-refractivity contribution in [1.29, 1.82) is 0 Å². The average Bonchev–Trinajstić information content (AvgIpc) is 2.82. The van der Waals surface area contributed by atoms with Crippen molar-refractivity contribution in [3.05, 3.63) is 57.7 Å². The maximum atomic E-state index is 13.2. The van der Waals surface area contributed by atoms with Crippen molar-refractivity contribution < 1.29 is 23.9 Å². The minimum Gasteiger partial charge on any atom is -0.466 e. The van der Waals surface area contributed by atoms with Gasteiger partial charge in [0, 0.05) is 28.8 Å². The van der Waals surface area contributed by atoms with Crippen molar-refractivity contribution in [3.63, 3.8) is 0 Å². The summed E-state index contributed by atoms with van der Waals surface area (Å²) in [6, 6.07) is 3.75. The molecule has 1 fully saturated rings. The minimum absolute atomic E-state index is 0.149. The highest BCUT2D eigenvalue weighted by atomic mass is 35.5. The molecule has 2 aliphatic rings. The Labute approximate surface area is 215 Å². The molecule has 0 aromatic heterocycles. The van der Waals surface area contributed by atoms with Crippen LogP contribution in [-0.2, 0) is 19.1 Å². The van der Waals surface area contributed by atoms with Crippen molar-refractivity contribution >= 4 is 41.2 Å². The number of benzene rings is 1. The lowest BCUT2D eigenvalue weighted by atomic mass is 9.93. The smallest absolute Gasteiger partial charge is 0.338 e. The lowest BCUT2D eigenvalue weighted by Gasteiger charge is -2.39. The van der Waals surface area contributed by atoms with E-state index in [2.05, 4.69) is 16.8 Å².